The Morgan fingerprint density at radius 2 is 0.900 bits per heavy atom. The van der Waals surface area contributed by atoms with E-state index in [1.165, 1.54) is 51.4 Å². The molecule has 0 saturated carbocycles. The van der Waals surface area contributed by atoms with E-state index in [-0.39, 0.29) is 0 Å². The Morgan fingerprint density at radius 3 is 1.37 bits per heavy atom. The van der Waals surface area contributed by atoms with Gasteiger partial charge in [-0.1, -0.05) is 77.0 Å². The van der Waals surface area contributed by atoms with Crippen molar-refractivity contribution in [2.24, 2.45) is 0 Å². The van der Waals surface area contributed by atoms with Gasteiger partial charge in [-0.2, -0.15) is 0 Å². The smallest absolute Gasteiger partial charge is 0.481 e. The largest absolute Gasteiger partial charge is 0.540 e. The summed E-state index contributed by atoms with van der Waals surface area (Å²) in [4.78, 5) is 28.3. The monoisotopic (exact) mass is 442 g/mol. The molecular formula is C18H34O12. The zero-order valence-electron chi connectivity index (χ0n) is 17.3. The highest BCUT2D eigenvalue weighted by Crippen LogP contribution is 2.13. The van der Waals surface area contributed by atoms with Gasteiger partial charge in [0.05, 0.1) is 6.61 Å². The van der Waals surface area contributed by atoms with Crippen LogP contribution in [0.4, 0.5) is 4.79 Å². The molecule has 0 aromatic heterocycles. The number of aliphatic carboxylic acids is 1. The van der Waals surface area contributed by atoms with Crippen LogP contribution < -0.4 is 0 Å². The third-order valence-corrected chi connectivity index (χ3v) is 4.16. The van der Waals surface area contributed by atoms with Crippen molar-refractivity contribution in [2.45, 2.75) is 96.3 Å². The molecule has 0 aliphatic carbocycles. The van der Waals surface area contributed by atoms with Gasteiger partial charge < -0.3 is 10.2 Å². The Labute approximate surface area is 175 Å². The lowest BCUT2D eigenvalue weighted by Gasteiger charge is -2.03. The maximum atomic E-state index is 10.4. The topological polar surface area (TPSA) is 148 Å². The van der Waals surface area contributed by atoms with E-state index in [0.29, 0.717) is 13.0 Å². The van der Waals surface area contributed by atoms with E-state index in [9.17, 15) is 9.59 Å². The Kier molecular flexibility index (Phi) is 22.5. The fourth-order valence-corrected chi connectivity index (χ4v) is 2.70. The van der Waals surface area contributed by atoms with Gasteiger partial charge in [-0.25, -0.2) is 14.6 Å². The van der Waals surface area contributed by atoms with Gasteiger partial charge >= 0.3 is 12.1 Å². The highest BCUT2D eigenvalue weighted by Gasteiger charge is 2.00. The first-order chi connectivity index (χ1) is 14.6. The molecule has 178 valence electrons. The van der Waals surface area contributed by atoms with Crippen LogP contribution in [0.3, 0.4) is 0 Å². The summed E-state index contributed by atoms with van der Waals surface area (Å²) in [5.41, 5.74) is 0. The Hall–Kier alpha value is -1.54. The third-order valence-electron chi connectivity index (χ3n) is 4.16. The zero-order valence-corrected chi connectivity index (χ0v) is 17.3. The Morgan fingerprint density at radius 1 is 0.500 bits per heavy atom. The predicted octanol–water partition coefficient (Wildman–Crippen LogP) is 5.14. The molecule has 2 N–H and O–H groups in total. The predicted molar refractivity (Wildman–Crippen MR) is 98.5 cm³/mol. The lowest BCUT2D eigenvalue weighted by molar-refractivity contribution is -0.810. The average molecular weight is 442 g/mol. The third kappa shape index (κ3) is 26.5. The molecule has 0 bridgehead atoms. The van der Waals surface area contributed by atoms with Crippen LogP contribution in [-0.4, -0.2) is 28.9 Å². The van der Waals surface area contributed by atoms with Crippen molar-refractivity contribution in [3.05, 3.63) is 0 Å². The maximum absolute atomic E-state index is 10.4. The first-order valence-corrected chi connectivity index (χ1v) is 10.4. The summed E-state index contributed by atoms with van der Waals surface area (Å²) in [5, 5.41) is 39.1. The summed E-state index contributed by atoms with van der Waals surface area (Å²) >= 11 is 0. The molecule has 0 radical (unpaired) electrons. The molecule has 0 amide bonds. The second-order valence-corrected chi connectivity index (χ2v) is 6.67. The van der Waals surface area contributed by atoms with Crippen LogP contribution in [0, 0.1) is 0 Å². The number of hydrogen-bond donors (Lipinski definition) is 2. The number of carbonyl (C=O) groups is 2. The number of carboxylic acids is 1. The molecule has 0 aliphatic heterocycles. The lowest BCUT2D eigenvalue weighted by atomic mass is 10.0. The normalized spacial score (nSPS) is 10.9. The van der Waals surface area contributed by atoms with Crippen molar-refractivity contribution in [3.8, 4) is 0 Å². The fraction of sp³-hybridized carbons (Fsp3) is 0.889. The van der Waals surface area contributed by atoms with Gasteiger partial charge in [-0.15, -0.1) is 0 Å². The minimum atomic E-state index is -1.74. The molecule has 0 aliphatic rings. The summed E-state index contributed by atoms with van der Waals surface area (Å²) in [6, 6.07) is 0. The van der Waals surface area contributed by atoms with Gasteiger partial charge in [0.15, 0.2) is 0 Å². The number of rotatable bonds is 24. The Balaban J connectivity index is 3.02. The fourth-order valence-electron chi connectivity index (χ4n) is 2.70. The molecule has 0 heterocycles. The number of carboxylic acid groups (broad SMARTS) is 2. The van der Waals surface area contributed by atoms with Crippen LogP contribution in [0.2, 0.25) is 0 Å². The quantitative estimate of drug-likeness (QED) is 0.116. The zero-order chi connectivity index (χ0) is 22.1. The molecule has 12 heteroatoms. The van der Waals surface area contributed by atoms with Crippen LogP contribution in [0.5, 0.6) is 0 Å². The Bertz CT molecular complexity index is 357. The van der Waals surface area contributed by atoms with Gasteiger partial charge in [0, 0.05) is 21.5 Å². The summed E-state index contributed by atoms with van der Waals surface area (Å²) in [6.45, 7) is 0.305. The lowest BCUT2D eigenvalue weighted by Crippen LogP contribution is -2.05. The molecule has 0 rings (SSSR count). The molecule has 0 saturated heterocycles. The molecule has 0 aromatic carbocycles. The van der Waals surface area contributed by atoms with Crippen molar-refractivity contribution in [2.75, 3.05) is 6.61 Å². The molecule has 0 unspecified atom stereocenters. The second-order valence-electron chi connectivity index (χ2n) is 6.67. The summed E-state index contributed by atoms with van der Waals surface area (Å²) in [6.07, 6.45) is 14.4. The SMILES string of the molecule is O=C(O)CCCCCCCCCCCCCCCCOOOOOOOOC(=O)O. The van der Waals surface area contributed by atoms with Gasteiger partial charge in [-0.3, -0.25) is 4.79 Å². The van der Waals surface area contributed by atoms with Crippen molar-refractivity contribution in [3.63, 3.8) is 0 Å². The minimum absolute atomic E-state index is 0.293. The van der Waals surface area contributed by atoms with E-state index in [1.807, 2.05) is 0 Å². The van der Waals surface area contributed by atoms with E-state index in [2.05, 4.69) is 40.0 Å². The molecule has 30 heavy (non-hydrogen) atoms. The minimum Gasteiger partial charge on any atom is -0.481 e. The maximum Gasteiger partial charge on any atom is 0.540 e. The van der Waals surface area contributed by atoms with Gasteiger partial charge in [-0.05, 0) is 28.0 Å². The van der Waals surface area contributed by atoms with Gasteiger partial charge in [0.1, 0.15) is 0 Å². The second kappa shape index (κ2) is 23.7. The molecule has 12 nitrogen and oxygen atoms in total. The van der Waals surface area contributed by atoms with E-state index in [4.69, 9.17) is 10.2 Å². The van der Waals surface area contributed by atoms with Crippen LogP contribution >= 0.6 is 0 Å². The highest BCUT2D eigenvalue weighted by atomic mass is 17.9. The molecule has 0 atom stereocenters. The van der Waals surface area contributed by atoms with Crippen molar-refractivity contribution in [1.29, 1.82) is 0 Å². The summed E-state index contributed by atoms with van der Waals surface area (Å²) < 4.78 is 0. The number of unbranched alkanes of at least 4 members (excludes halogenated alkanes) is 13. The van der Waals surface area contributed by atoms with Crippen molar-refractivity contribution in [1.82, 2.24) is 0 Å². The van der Waals surface area contributed by atoms with Crippen LogP contribution in [0.1, 0.15) is 96.3 Å². The van der Waals surface area contributed by atoms with E-state index >= 15 is 0 Å². The van der Waals surface area contributed by atoms with Gasteiger partial charge in [0.2, 0.25) is 0 Å². The van der Waals surface area contributed by atoms with Crippen LogP contribution in [0.25, 0.3) is 0 Å². The first-order valence-electron chi connectivity index (χ1n) is 10.4. The summed E-state index contributed by atoms with van der Waals surface area (Å²) in [7, 11) is 0. The molecule has 0 fully saturated rings. The van der Waals surface area contributed by atoms with E-state index in [1.54, 1.807) is 0 Å². The van der Waals surface area contributed by atoms with Crippen molar-refractivity contribution >= 4 is 12.1 Å². The number of hydrogen-bond acceptors (Lipinski definition) is 10. The van der Waals surface area contributed by atoms with Crippen LogP contribution in [-0.2, 0) is 44.8 Å². The molecule has 0 aromatic rings. The molecule has 0 spiro atoms. The summed E-state index contributed by atoms with van der Waals surface area (Å²) in [5.74, 6) is -0.698. The standard InChI is InChI=1S/C18H34O12/c19-17(20)15-13-11-9-7-5-3-1-2-4-6-8-10-12-14-16-23-25-27-29-30-28-26-24-18(21)22/h1-16H2,(H,19,20)(H,21,22). The average Bonchev–Trinajstić information content (AvgIpc) is 2.70. The first kappa shape index (κ1) is 28.5. The highest BCUT2D eigenvalue weighted by molar-refractivity contribution is 5.66. The van der Waals surface area contributed by atoms with E-state index < -0.39 is 12.1 Å². The molecular weight excluding hydrogens is 408 g/mol. The van der Waals surface area contributed by atoms with Crippen molar-refractivity contribution < 1.29 is 59.8 Å². The van der Waals surface area contributed by atoms with Crippen LogP contribution in [0.15, 0.2) is 0 Å². The van der Waals surface area contributed by atoms with Gasteiger partial charge in [0.25, 0.3) is 0 Å². The van der Waals surface area contributed by atoms with E-state index in [0.717, 1.165) is 38.5 Å².